The van der Waals surface area contributed by atoms with Crippen molar-refractivity contribution in [2.45, 2.75) is 58.7 Å². The minimum atomic E-state index is -0.102. The van der Waals surface area contributed by atoms with Crippen LogP contribution in [0.5, 0.6) is 0 Å². The van der Waals surface area contributed by atoms with Crippen molar-refractivity contribution in [3.05, 3.63) is 35.4 Å². The van der Waals surface area contributed by atoms with E-state index in [1.807, 2.05) is 24.3 Å². The molecule has 0 spiro atoms. The first kappa shape index (κ1) is 16.8. The zero-order chi connectivity index (χ0) is 14.6. The predicted molar refractivity (Wildman–Crippen MR) is 83.4 cm³/mol. The van der Waals surface area contributed by atoms with Crippen LogP contribution in [-0.4, -0.2) is 17.8 Å². The highest BCUT2D eigenvalue weighted by Crippen LogP contribution is 2.11. The molecule has 0 fully saturated rings. The number of ether oxygens (including phenoxy) is 1. The van der Waals surface area contributed by atoms with Gasteiger partial charge in [-0.05, 0) is 31.0 Å². The van der Waals surface area contributed by atoms with Crippen molar-refractivity contribution in [3.8, 4) is 11.8 Å². The van der Waals surface area contributed by atoms with E-state index in [4.69, 9.17) is 9.84 Å². The summed E-state index contributed by atoms with van der Waals surface area (Å²) in [5.41, 5.74) is 2.06. The molecule has 0 heterocycles. The fourth-order valence-corrected chi connectivity index (χ4v) is 2.06. The van der Waals surface area contributed by atoms with Crippen molar-refractivity contribution in [2.24, 2.45) is 0 Å². The highest BCUT2D eigenvalue weighted by Gasteiger charge is 2.03. The summed E-state index contributed by atoms with van der Waals surface area (Å²) >= 11 is 0. The zero-order valence-electron chi connectivity index (χ0n) is 12.7. The predicted octanol–water partition coefficient (Wildman–Crippen LogP) is 3.91. The molecule has 0 saturated heterocycles. The Morgan fingerprint density at radius 3 is 2.85 bits per heavy atom. The first-order chi connectivity index (χ1) is 9.76. The molecule has 1 aromatic rings. The Kier molecular flexibility index (Phi) is 8.78. The molecule has 110 valence electrons. The average Bonchev–Trinajstić information content (AvgIpc) is 2.48. The van der Waals surface area contributed by atoms with Crippen LogP contribution in [0.15, 0.2) is 24.3 Å². The van der Waals surface area contributed by atoms with Crippen LogP contribution in [0.4, 0.5) is 0 Å². The number of rotatable bonds is 8. The van der Waals surface area contributed by atoms with Gasteiger partial charge >= 0.3 is 0 Å². The molecule has 2 nitrogen and oxygen atoms in total. The molecule has 1 N–H and O–H groups in total. The van der Waals surface area contributed by atoms with Crippen molar-refractivity contribution in [1.82, 2.24) is 0 Å². The minimum absolute atomic E-state index is 0.102. The summed E-state index contributed by atoms with van der Waals surface area (Å²) in [5, 5.41) is 8.70. The summed E-state index contributed by atoms with van der Waals surface area (Å²) in [7, 11) is 0. The Hall–Kier alpha value is -1.30. The van der Waals surface area contributed by atoms with Gasteiger partial charge in [0.2, 0.25) is 0 Å². The van der Waals surface area contributed by atoms with E-state index >= 15 is 0 Å². The standard InChI is InChI=1S/C18H26O2/c1-3-4-5-6-9-16(2)20-15-18-11-7-10-17(14-18)12-8-13-19/h7,10-11,14,16,19H,3-6,9,13,15H2,1-2H3. The van der Waals surface area contributed by atoms with Crippen LogP contribution < -0.4 is 0 Å². The van der Waals surface area contributed by atoms with E-state index in [-0.39, 0.29) is 6.61 Å². The molecule has 0 aliphatic carbocycles. The minimum Gasteiger partial charge on any atom is -0.384 e. The first-order valence-electron chi connectivity index (χ1n) is 7.56. The van der Waals surface area contributed by atoms with Crippen LogP contribution >= 0.6 is 0 Å². The van der Waals surface area contributed by atoms with Crippen LogP contribution in [0.2, 0.25) is 0 Å². The highest BCUT2D eigenvalue weighted by atomic mass is 16.5. The molecule has 0 aliphatic rings. The maximum atomic E-state index is 8.70. The van der Waals surface area contributed by atoms with Gasteiger partial charge < -0.3 is 9.84 Å². The monoisotopic (exact) mass is 274 g/mol. The molecule has 0 bridgehead atoms. The maximum absolute atomic E-state index is 8.70. The van der Waals surface area contributed by atoms with Crippen LogP contribution in [0.3, 0.4) is 0 Å². The Morgan fingerprint density at radius 2 is 2.10 bits per heavy atom. The molecule has 1 rings (SSSR count). The number of aliphatic hydroxyl groups excluding tert-OH is 1. The lowest BCUT2D eigenvalue weighted by atomic mass is 10.1. The molecule has 1 unspecified atom stereocenters. The second-order valence-corrected chi connectivity index (χ2v) is 5.13. The molecule has 1 aromatic carbocycles. The number of hydrogen-bond donors (Lipinski definition) is 1. The summed E-state index contributed by atoms with van der Waals surface area (Å²) in [6.07, 6.45) is 6.58. The number of benzene rings is 1. The molecule has 0 aliphatic heterocycles. The Labute approximate surface area is 123 Å². The van der Waals surface area contributed by atoms with Crippen LogP contribution in [0, 0.1) is 11.8 Å². The van der Waals surface area contributed by atoms with Gasteiger partial charge in [-0.1, -0.05) is 56.6 Å². The lowest BCUT2D eigenvalue weighted by Crippen LogP contribution is -2.08. The van der Waals surface area contributed by atoms with E-state index in [2.05, 4.69) is 25.7 Å². The SMILES string of the molecule is CCCCCCC(C)OCc1cccc(C#CCO)c1. The third-order valence-corrected chi connectivity index (χ3v) is 3.24. The molecule has 0 saturated carbocycles. The van der Waals surface area contributed by atoms with E-state index in [0.717, 1.165) is 17.5 Å². The highest BCUT2D eigenvalue weighted by molar-refractivity contribution is 5.36. The molecule has 0 amide bonds. The summed E-state index contributed by atoms with van der Waals surface area (Å²) in [4.78, 5) is 0. The third-order valence-electron chi connectivity index (χ3n) is 3.24. The van der Waals surface area contributed by atoms with Gasteiger partial charge in [-0.2, -0.15) is 0 Å². The van der Waals surface area contributed by atoms with Crippen molar-refractivity contribution in [1.29, 1.82) is 0 Å². The normalized spacial score (nSPS) is 11.8. The Bertz CT molecular complexity index is 429. The van der Waals surface area contributed by atoms with Crippen molar-refractivity contribution in [3.63, 3.8) is 0 Å². The van der Waals surface area contributed by atoms with Gasteiger partial charge in [0.05, 0.1) is 12.7 Å². The largest absolute Gasteiger partial charge is 0.384 e. The van der Waals surface area contributed by atoms with Crippen LogP contribution in [0.25, 0.3) is 0 Å². The molecular formula is C18H26O2. The van der Waals surface area contributed by atoms with Crippen LogP contribution in [0.1, 0.15) is 57.1 Å². The fourth-order valence-electron chi connectivity index (χ4n) is 2.06. The summed E-state index contributed by atoms with van der Waals surface area (Å²) in [6, 6.07) is 7.99. The molecular weight excluding hydrogens is 248 g/mol. The number of hydrogen-bond acceptors (Lipinski definition) is 2. The van der Waals surface area contributed by atoms with Gasteiger partial charge in [0, 0.05) is 5.56 Å². The molecule has 0 radical (unpaired) electrons. The molecule has 1 atom stereocenters. The second-order valence-electron chi connectivity index (χ2n) is 5.13. The fraction of sp³-hybridized carbons (Fsp3) is 0.556. The van der Waals surface area contributed by atoms with Crippen LogP contribution in [-0.2, 0) is 11.3 Å². The van der Waals surface area contributed by atoms with Gasteiger partial charge in [0.15, 0.2) is 0 Å². The van der Waals surface area contributed by atoms with E-state index in [0.29, 0.717) is 12.7 Å². The number of unbranched alkanes of at least 4 members (excludes halogenated alkanes) is 3. The molecule has 2 heteroatoms. The van der Waals surface area contributed by atoms with Gasteiger partial charge in [0.1, 0.15) is 6.61 Å². The zero-order valence-corrected chi connectivity index (χ0v) is 12.7. The van der Waals surface area contributed by atoms with Gasteiger partial charge in [-0.25, -0.2) is 0 Å². The molecule has 0 aromatic heterocycles. The van der Waals surface area contributed by atoms with E-state index in [9.17, 15) is 0 Å². The van der Waals surface area contributed by atoms with Crippen molar-refractivity contribution in [2.75, 3.05) is 6.61 Å². The lowest BCUT2D eigenvalue weighted by molar-refractivity contribution is 0.0459. The first-order valence-corrected chi connectivity index (χ1v) is 7.56. The van der Waals surface area contributed by atoms with Crippen molar-refractivity contribution < 1.29 is 9.84 Å². The van der Waals surface area contributed by atoms with E-state index < -0.39 is 0 Å². The summed E-state index contributed by atoms with van der Waals surface area (Å²) < 4.78 is 5.87. The van der Waals surface area contributed by atoms with Gasteiger partial charge in [-0.3, -0.25) is 0 Å². The summed E-state index contributed by atoms with van der Waals surface area (Å²) in [6.45, 7) is 4.90. The molecule has 20 heavy (non-hydrogen) atoms. The van der Waals surface area contributed by atoms with Gasteiger partial charge in [-0.15, -0.1) is 0 Å². The number of aliphatic hydroxyl groups is 1. The lowest BCUT2D eigenvalue weighted by Gasteiger charge is -2.13. The maximum Gasteiger partial charge on any atom is 0.104 e. The van der Waals surface area contributed by atoms with Crippen molar-refractivity contribution >= 4 is 0 Å². The third kappa shape index (κ3) is 7.33. The quantitative estimate of drug-likeness (QED) is 0.575. The Balaban J connectivity index is 2.33. The van der Waals surface area contributed by atoms with Gasteiger partial charge in [0.25, 0.3) is 0 Å². The van der Waals surface area contributed by atoms with E-state index in [1.165, 1.54) is 25.7 Å². The topological polar surface area (TPSA) is 29.5 Å². The smallest absolute Gasteiger partial charge is 0.104 e. The Morgan fingerprint density at radius 1 is 1.25 bits per heavy atom. The summed E-state index contributed by atoms with van der Waals surface area (Å²) in [5.74, 6) is 5.58. The van der Waals surface area contributed by atoms with E-state index in [1.54, 1.807) is 0 Å². The average molecular weight is 274 g/mol. The second kappa shape index (κ2) is 10.5.